The van der Waals surface area contributed by atoms with Crippen molar-refractivity contribution in [2.75, 3.05) is 19.6 Å². The van der Waals surface area contributed by atoms with Gasteiger partial charge in [-0.15, -0.1) is 12.4 Å². The number of aromatic amines is 1. The molecule has 0 aliphatic carbocycles. The van der Waals surface area contributed by atoms with Crippen LogP contribution >= 0.6 is 12.4 Å². The Morgan fingerprint density at radius 1 is 1.30 bits per heavy atom. The van der Waals surface area contributed by atoms with E-state index in [1.165, 1.54) is 0 Å². The summed E-state index contributed by atoms with van der Waals surface area (Å²) in [6.07, 6.45) is 2.84. The number of H-pyrrole nitrogens is 1. The van der Waals surface area contributed by atoms with Gasteiger partial charge in [-0.3, -0.25) is 9.89 Å². The minimum absolute atomic E-state index is 0. The van der Waals surface area contributed by atoms with Crippen molar-refractivity contribution < 1.29 is 4.79 Å². The Hall–Kier alpha value is -1.59. The summed E-state index contributed by atoms with van der Waals surface area (Å²) in [6.45, 7) is 6.49. The molecule has 0 spiro atoms. The normalized spacial score (nSPS) is 10.3. The molecule has 110 valence electrons. The first-order valence-corrected chi connectivity index (χ1v) is 6.65. The van der Waals surface area contributed by atoms with Gasteiger partial charge in [-0.05, 0) is 37.6 Å². The van der Waals surface area contributed by atoms with Gasteiger partial charge < -0.3 is 10.6 Å². The Kier molecular flexibility index (Phi) is 6.48. The van der Waals surface area contributed by atoms with E-state index in [4.69, 9.17) is 0 Å². The number of rotatable bonds is 6. The first-order chi connectivity index (χ1) is 9.22. The highest BCUT2D eigenvalue weighted by molar-refractivity contribution is 6.05. The molecule has 0 atom stereocenters. The first-order valence-electron chi connectivity index (χ1n) is 6.65. The Bertz CT molecular complexity index is 567. The lowest BCUT2D eigenvalue weighted by Crippen LogP contribution is -2.32. The second kappa shape index (κ2) is 7.87. The van der Waals surface area contributed by atoms with E-state index in [9.17, 15) is 4.79 Å². The monoisotopic (exact) mass is 296 g/mol. The highest BCUT2D eigenvalue weighted by Gasteiger charge is 2.11. The van der Waals surface area contributed by atoms with Crippen LogP contribution in [-0.4, -0.2) is 35.7 Å². The van der Waals surface area contributed by atoms with Crippen LogP contribution in [0.25, 0.3) is 10.9 Å². The SMILES string of the molecule is CCCNCCNC(=O)c1cc(C)cc2cn[nH]c12.Cl. The van der Waals surface area contributed by atoms with Crippen LogP contribution in [0.1, 0.15) is 29.3 Å². The molecule has 1 heterocycles. The van der Waals surface area contributed by atoms with E-state index in [2.05, 4.69) is 27.8 Å². The molecule has 1 amide bonds. The summed E-state index contributed by atoms with van der Waals surface area (Å²) < 4.78 is 0. The van der Waals surface area contributed by atoms with Crippen LogP contribution in [0.15, 0.2) is 18.3 Å². The average molecular weight is 297 g/mol. The Morgan fingerprint density at radius 2 is 2.10 bits per heavy atom. The Labute approximate surface area is 124 Å². The van der Waals surface area contributed by atoms with Crippen molar-refractivity contribution in [2.45, 2.75) is 20.3 Å². The number of amides is 1. The van der Waals surface area contributed by atoms with E-state index in [1.54, 1.807) is 6.20 Å². The molecule has 0 radical (unpaired) electrons. The number of carbonyl (C=O) groups is 1. The van der Waals surface area contributed by atoms with Crippen molar-refractivity contribution in [2.24, 2.45) is 0 Å². The molecule has 0 unspecified atom stereocenters. The summed E-state index contributed by atoms with van der Waals surface area (Å²) in [4.78, 5) is 12.2. The van der Waals surface area contributed by atoms with Gasteiger partial charge in [0.05, 0.1) is 17.3 Å². The molecule has 1 aromatic carbocycles. The second-order valence-electron chi connectivity index (χ2n) is 4.65. The number of aryl methyl sites for hydroxylation is 1. The van der Waals surface area contributed by atoms with Crippen LogP contribution in [0.5, 0.6) is 0 Å². The second-order valence-corrected chi connectivity index (χ2v) is 4.65. The summed E-state index contributed by atoms with van der Waals surface area (Å²) >= 11 is 0. The van der Waals surface area contributed by atoms with Gasteiger partial charge in [0.15, 0.2) is 0 Å². The lowest BCUT2D eigenvalue weighted by atomic mass is 10.1. The molecule has 20 heavy (non-hydrogen) atoms. The first kappa shape index (κ1) is 16.5. The van der Waals surface area contributed by atoms with Crippen molar-refractivity contribution >= 4 is 29.2 Å². The van der Waals surface area contributed by atoms with Gasteiger partial charge in [-0.25, -0.2) is 0 Å². The minimum Gasteiger partial charge on any atom is -0.351 e. The van der Waals surface area contributed by atoms with Crippen molar-refractivity contribution in [1.29, 1.82) is 0 Å². The Morgan fingerprint density at radius 3 is 2.85 bits per heavy atom. The molecular weight excluding hydrogens is 276 g/mol. The van der Waals surface area contributed by atoms with Gasteiger partial charge in [0.1, 0.15) is 0 Å². The van der Waals surface area contributed by atoms with Crippen LogP contribution in [0.3, 0.4) is 0 Å². The highest BCUT2D eigenvalue weighted by Crippen LogP contribution is 2.18. The number of nitrogens with one attached hydrogen (secondary N) is 3. The van der Waals surface area contributed by atoms with Gasteiger partial charge >= 0.3 is 0 Å². The predicted molar refractivity (Wildman–Crippen MR) is 83.6 cm³/mol. The van der Waals surface area contributed by atoms with Crippen LogP contribution < -0.4 is 10.6 Å². The maximum Gasteiger partial charge on any atom is 0.253 e. The molecule has 3 N–H and O–H groups in total. The quantitative estimate of drug-likeness (QED) is 0.714. The van der Waals surface area contributed by atoms with Gasteiger partial charge in [0, 0.05) is 18.5 Å². The molecule has 5 nitrogen and oxygen atoms in total. The zero-order valence-electron chi connectivity index (χ0n) is 11.8. The molecule has 2 rings (SSSR count). The minimum atomic E-state index is -0.0590. The largest absolute Gasteiger partial charge is 0.351 e. The van der Waals surface area contributed by atoms with E-state index in [-0.39, 0.29) is 18.3 Å². The fraction of sp³-hybridized carbons (Fsp3) is 0.429. The molecule has 0 aliphatic heterocycles. The van der Waals surface area contributed by atoms with Crippen molar-refractivity contribution in [1.82, 2.24) is 20.8 Å². The molecule has 6 heteroatoms. The van der Waals surface area contributed by atoms with Crippen molar-refractivity contribution in [3.05, 3.63) is 29.5 Å². The van der Waals surface area contributed by atoms with Crippen molar-refractivity contribution in [3.63, 3.8) is 0 Å². The summed E-state index contributed by atoms with van der Waals surface area (Å²) in [6, 6.07) is 3.90. The maximum atomic E-state index is 12.2. The number of benzene rings is 1. The third-order valence-corrected chi connectivity index (χ3v) is 2.95. The van der Waals surface area contributed by atoms with Gasteiger partial charge in [0.2, 0.25) is 0 Å². The van der Waals surface area contributed by atoms with Crippen LogP contribution in [0, 0.1) is 6.92 Å². The van der Waals surface area contributed by atoms with Crippen LogP contribution in [0.2, 0.25) is 0 Å². The smallest absolute Gasteiger partial charge is 0.253 e. The number of fused-ring (bicyclic) bond motifs is 1. The zero-order valence-corrected chi connectivity index (χ0v) is 12.6. The lowest BCUT2D eigenvalue weighted by molar-refractivity contribution is 0.0955. The van der Waals surface area contributed by atoms with Gasteiger partial charge in [-0.2, -0.15) is 5.10 Å². The number of hydrogen-bond donors (Lipinski definition) is 3. The molecule has 0 fully saturated rings. The summed E-state index contributed by atoms with van der Waals surface area (Å²) in [5, 5.41) is 14.0. The molecular formula is C14H21ClN4O. The van der Waals surface area contributed by atoms with Crippen LogP contribution in [-0.2, 0) is 0 Å². The summed E-state index contributed by atoms with van der Waals surface area (Å²) in [7, 11) is 0. The molecule has 0 aliphatic rings. The third-order valence-electron chi connectivity index (χ3n) is 2.95. The fourth-order valence-corrected chi connectivity index (χ4v) is 2.05. The molecule has 0 saturated heterocycles. The topological polar surface area (TPSA) is 69.8 Å². The molecule has 0 saturated carbocycles. The van der Waals surface area contributed by atoms with Gasteiger partial charge in [-0.1, -0.05) is 6.92 Å². The molecule has 0 bridgehead atoms. The molecule has 2 aromatic rings. The highest BCUT2D eigenvalue weighted by atomic mass is 35.5. The molecule has 1 aromatic heterocycles. The average Bonchev–Trinajstić information content (AvgIpc) is 2.85. The van der Waals surface area contributed by atoms with E-state index < -0.39 is 0 Å². The van der Waals surface area contributed by atoms with Crippen LogP contribution in [0.4, 0.5) is 0 Å². The lowest BCUT2D eigenvalue weighted by Gasteiger charge is -2.07. The van der Waals surface area contributed by atoms with E-state index >= 15 is 0 Å². The maximum absolute atomic E-state index is 12.2. The van der Waals surface area contributed by atoms with Crippen molar-refractivity contribution in [3.8, 4) is 0 Å². The zero-order chi connectivity index (χ0) is 13.7. The number of carbonyl (C=O) groups excluding carboxylic acids is 1. The Balaban J connectivity index is 0.00000200. The number of aromatic nitrogens is 2. The third kappa shape index (κ3) is 3.95. The number of nitrogens with zero attached hydrogens (tertiary/aromatic N) is 1. The number of halogens is 1. The van der Waals surface area contributed by atoms with E-state index in [1.807, 2.05) is 19.1 Å². The predicted octanol–water partition coefficient (Wildman–Crippen LogP) is 2.02. The van der Waals surface area contributed by atoms with Gasteiger partial charge in [0.25, 0.3) is 5.91 Å². The van der Waals surface area contributed by atoms with E-state index in [0.29, 0.717) is 12.1 Å². The number of hydrogen-bond acceptors (Lipinski definition) is 3. The summed E-state index contributed by atoms with van der Waals surface area (Å²) in [5.41, 5.74) is 2.51. The van der Waals surface area contributed by atoms with E-state index in [0.717, 1.165) is 36.0 Å². The fourth-order valence-electron chi connectivity index (χ4n) is 2.05. The summed E-state index contributed by atoms with van der Waals surface area (Å²) in [5.74, 6) is -0.0590. The standard InChI is InChI=1S/C14H20N4O.ClH/c1-3-4-15-5-6-16-14(19)12-8-10(2)7-11-9-17-18-13(11)12;/h7-9,15H,3-6H2,1-2H3,(H,16,19)(H,17,18);1H.